The summed E-state index contributed by atoms with van der Waals surface area (Å²) in [5, 5.41) is 56.7. The number of aliphatic hydroxyl groups is 6. The first kappa shape index (κ1) is 35.0. The van der Waals surface area contributed by atoms with Crippen LogP contribution >= 0.6 is 0 Å². The van der Waals surface area contributed by atoms with Crippen LogP contribution in [-0.4, -0.2) is 73.9 Å². The van der Waals surface area contributed by atoms with E-state index in [4.69, 9.17) is 5.11 Å². The van der Waals surface area contributed by atoms with Crippen LogP contribution in [0.15, 0.2) is 12.2 Å². The van der Waals surface area contributed by atoms with Gasteiger partial charge < -0.3 is 35.4 Å². The number of carbonyl (C=O) groups is 1. The Kier molecular flexibility index (Phi) is 23.6. The van der Waals surface area contributed by atoms with Crippen molar-refractivity contribution in [3.8, 4) is 0 Å². The third kappa shape index (κ3) is 19.1. The van der Waals surface area contributed by atoms with Crippen molar-refractivity contribution in [2.75, 3.05) is 6.61 Å². The van der Waals surface area contributed by atoms with Crippen LogP contribution in [0.5, 0.6) is 0 Å². The molecule has 0 fully saturated rings. The number of esters is 1. The van der Waals surface area contributed by atoms with Crippen LogP contribution in [-0.2, 0) is 9.53 Å². The smallest absolute Gasteiger partial charge is 0.308 e. The van der Waals surface area contributed by atoms with Gasteiger partial charge in [0.15, 0.2) is 0 Å². The zero-order valence-corrected chi connectivity index (χ0v) is 22.5. The molecule has 6 N–H and O–H groups in total. The highest BCUT2D eigenvalue weighted by Gasteiger charge is 2.35. The van der Waals surface area contributed by atoms with E-state index in [1.807, 2.05) is 0 Å². The minimum Gasteiger partial charge on any atom is -0.433 e. The maximum Gasteiger partial charge on any atom is 0.308 e. The first-order chi connectivity index (χ1) is 17.3. The molecule has 0 saturated heterocycles. The number of hydrogen-bond acceptors (Lipinski definition) is 8. The highest BCUT2D eigenvalue weighted by Crippen LogP contribution is 2.14. The molecular weight excluding hydrogens is 464 g/mol. The van der Waals surface area contributed by atoms with Crippen molar-refractivity contribution in [1.29, 1.82) is 0 Å². The van der Waals surface area contributed by atoms with Crippen LogP contribution in [0.25, 0.3) is 0 Å². The fourth-order valence-corrected chi connectivity index (χ4v) is 4.02. The van der Waals surface area contributed by atoms with E-state index < -0.39 is 43.3 Å². The lowest BCUT2D eigenvalue weighted by Crippen LogP contribution is -2.50. The maximum atomic E-state index is 11.8. The molecular formula is C28H54O8. The summed E-state index contributed by atoms with van der Waals surface area (Å²) in [5.41, 5.74) is 0. The van der Waals surface area contributed by atoms with Crippen molar-refractivity contribution in [2.24, 2.45) is 0 Å². The van der Waals surface area contributed by atoms with E-state index in [0.29, 0.717) is 6.42 Å². The molecule has 0 aliphatic carbocycles. The Balaban J connectivity index is 3.56. The SMILES string of the molecule is CCCCCCCC/C=C\CCCCCCCCCCCC(=O)OC(O)[C@H](O)[C@H](O)[C@H](O)[C@@H](O)CO. The first-order valence-electron chi connectivity index (χ1n) is 14.2. The molecule has 0 saturated carbocycles. The van der Waals surface area contributed by atoms with Crippen molar-refractivity contribution < 1.29 is 40.2 Å². The fraction of sp³-hybridized carbons (Fsp3) is 0.893. The van der Waals surface area contributed by atoms with Crippen molar-refractivity contribution >= 4 is 5.97 Å². The molecule has 0 aromatic rings. The summed E-state index contributed by atoms with van der Waals surface area (Å²) < 4.78 is 4.68. The molecule has 5 atom stereocenters. The number of hydrogen-bond donors (Lipinski definition) is 6. The maximum absolute atomic E-state index is 11.8. The molecule has 1 unspecified atom stereocenters. The summed E-state index contributed by atoms with van der Waals surface area (Å²) in [7, 11) is 0. The van der Waals surface area contributed by atoms with E-state index in [1.54, 1.807) is 0 Å². The number of carbonyl (C=O) groups excluding carboxylic acids is 1. The molecule has 0 bridgehead atoms. The molecule has 0 heterocycles. The van der Waals surface area contributed by atoms with E-state index >= 15 is 0 Å². The highest BCUT2D eigenvalue weighted by atomic mass is 16.6. The molecule has 0 aromatic carbocycles. The first-order valence-corrected chi connectivity index (χ1v) is 14.2. The summed E-state index contributed by atoms with van der Waals surface area (Å²) in [6, 6.07) is 0. The lowest BCUT2D eigenvalue weighted by atomic mass is 10.0. The van der Waals surface area contributed by atoms with Gasteiger partial charge in [-0.2, -0.15) is 0 Å². The Morgan fingerprint density at radius 3 is 1.56 bits per heavy atom. The van der Waals surface area contributed by atoms with Crippen LogP contribution in [0.3, 0.4) is 0 Å². The van der Waals surface area contributed by atoms with E-state index in [2.05, 4.69) is 23.8 Å². The Morgan fingerprint density at radius 2 is 1.08 bits per heavy atom. The van der Waals surface area contributed by atoms with Gasteiger partial charge in [0.2, 0.25) is 6.29 Å². The van der Waals surface area contributed by atoms with Gasteiger partial charge in [-0.25, -0.2) is 0 Å². The molecule has 0 spiro atoms. The van der Waals surface area contributed by atoms with Crippen molar-refractivity contribution in [3.63, 3.8) is 0 Å². The summed E-state index contributed by atoms with van der Waals surface area (Å²) in [4.78, 5) is 11.8. The predicted octanol–water partition coefficient (Wildman–Crippen LogP) is 3.88. The van der Waals surface area contributed by atoms with E-state index in [0.717, 1.165) is 19.3 Å². The quantitative estimate of drug-likeness (QED) is 0.0462. The van der Waals surface area contributed by atoms with Gasteiger partial charge in [-0.1, -0.05) is 96.1 Å². The minimum absolute atomic E-state index is 0.0774. The Bertz CT molecular complexity index is 528. The Hall–Kier alpha value is -1.03. The second-order valence-electron chi connectivity index (χ2n) is 9.85. The molecule has 8 nitrogen and oxygen atoms in total. The van der Waals surface area contributed by atoms with Gasteiger partial charge in [0, 0.05) is 6.42 Å². The van der Waals surface area contributed by atoms with Crippen molar-refractivity contribution in [1.82, 2.24) is 0 Å². The zero-order valence-electron chi connectivity index (χ0n) is 22.5. The van der Waals surface area contributed by atoms with Crippen LogP contribution in [0, 0.1) is 0 Å². The Labute approximate surface area is 218 Å². The molecule has 0 radical (unpaired) electrons. The third-order valence-corrected chi connectivity index (χ3v) is 6.47. The normalized spacial score (nSPS) is 16.1. The molecule has 0 aliphatic rings. The summed E-state index contributed by atoms with van der Waals surface area (Å²) in [6.45, 7) is 1.41. The molecule has 0 rings (SSSR count). The number of rotatable bonds is 25. The topological polar surface area (TPSA) is 148 Å². The van der Waals surface area contributed by atoms with Crippen LogP contribution in [0.4, 0.5) is 0 Å². The van der Waals surface area contributed by atoms with Gasteiger partial charge >= 0.3 is 5.97 Å². The molecule has 8 heteroatoms. The van der Waals surface area contributed by atoms with E-state index in [1.165, 1.54) is 83.5 Å². The number of aliphatic hydroxyl groups excluding tert-OH is 6. The molecule has 214 valence electrons. The molecule has 0 aliphatic heterocycles. The lowest BCUT2D eigenvalue weighted by Gasteiger charge is -2.28. The van der Waals surface area contributed by atoms with Crippen molar-refractivity contribution in [2.45, 2.75) is 153 Å². The monoisotopic (exact) mass is 518 g/mol. The van der Waals surface area contributed by atoms with Crippen LogP contribution in [0.1, 0.15) is 122 Å². The van der Waals surface area contributed by atoms with Gasteiger partial charge in [0.05, 0.1) is 6.61 Å². The van der Waals surface area contributed by atoms with Gasteiger partial charge in [0.1, 0.15) is 24.4 Å². The van der Waals surface area contributed by atoms with Gasteiger partial charge in [0.25, 0.3) is 0 Å². The van der Waals surface area contributed by atoms with Gasteiger partial charge in [-0.05, 0) is 32.1 Å². The standard InChI is InChI=1S/C28H54O8/c1-2-3-4-5-6-7-8-9-10-11-12-13-14-15-16-17-18-19-20-21-24(31)36-28(35)27(34)26(33)25(32)23(30)22-29/h9-10,23,25-30,32-35H,2-8,11-22H2,1H3/b10-9-/t23-,25+,26+,27+,28?/m0/s1. The minimum atomic E-state index is -2.04. The largest absolute Gasteiger partial charge is 0.433 e. The molecule has 0 amide bonds. The molecule has 0 aromatic heterocycles. The van der Waals surface area contributed by atoms with E-state index in [-0.39, 0.29) is 6.42 Å². The predicted molar refractivity (Wildman–Crippen MR) is 141 cm³/mol. The summed E-state index contributed by atoms with van der Waals surface area (Å²) >= 11 is 0. The highest BCUT2D eigenvalue weighted by molar-refractivity contribution is 5.69. The van der Waals surface area contributed by atoms with Crippen LogP contribution < -0.4 is 0 Å². The van der Waals surface area contributed by atoms with Gasteiger partial charge in [-0.15, -0.1) is 0 Å². The molecule has 36 heavy (non-hydrogen) atoms. The number of ether oxygens (including phenoxy) is 1. The van der Waals surface area contributed by atoms with Gasteiger partial charge in [-0.3, -0.25) is 4.79 Å². The number of unbranched alkanes of at least 4 members (excludes halogenated alkanes) is 15. The van der Waals surface area contributed by atoms with Crippen LogP contribution in [0.2, 0.25) is 0 Å². The zero-order chi connectivity index (χ0) is 27.0. The fourth-order valence-electron chi connectivity index (χ4n) is 4.02. The van der Waals surface area contributed by atoms with E-state index in [9.17, 15) is 30.3 Å². The second kappa shape index (κ2) is 24.3. The average Bonchev–Trinajstić information content (AvgIpc) is 2.88. The lowest BCUT2D eigenvalue weighted by molar-refractivity contribution is -0.213. The summed E-state index contributed by atoms with van der Waals surface area (Å²) in [6.07, 6.45) is 15.4. The number of allylic oxidation sites excluding steroid dienone is 2. The third-order valence-electron chi connectivity index (χ3n) is 6.47. The Morgan fingerprint density at radius 1 is 0.639 bits per heavy atom. The summed E-state index contributed by atoms with van der Waals surface area (Å²) in [5.74, 6) is -0.716. The average molecular weight is 519 g/mol. The second-order valence-corrected chi connectivity index (χ2v) is 9.85. The van der Waals surface area contributed by atoms with Crippen molar-refractivity contribution in [3.05, 3.63) is 12.2 Å².